The van der Waals surface area contributed by atoms with E-state index in [0.717, 1.165) is 0 Å². The zero-order chi connectivity index (χ0) is 31.1. The Morgan fingerprint density at radius 1 is 0.208 bits per heavy atom. The molecule has 0 spiro atoms. The molecule has 0 radical (unpaired) electrons. The van der Waals surface area contributed by atoms with Crippen molar-refractivity contribution in [3.8, 4) is 22.3 Å². The Morgan fingerprint density at radius 2 is 0.667 bits per heavy atom. The Morgan fingerprint density at radius 3 is 1.35 bits per heavy atom. The fourth-order valence-corrected chi connectivity index (χ4v) is 9.33. The average molecular weight is 603 g/mol. The van der Waals surface area contributed by atoms with Crippen LogP contribution in [0.1, 0.15) is 0 Å². The second-order valence-corrected chi connectivity index (χ2v) is 13.5. The van der Waals surface area contributed by atoms with E-state index >= 15 is 0 Å². The summed E-state index contributed by atoms with van der Waals surface area (Å²) in [6.45, 7) is 0. The summed E-state index contributed by atoms with van der Waals surface area (Å²) in [5, 5.41) is 24.3. The standard InChI is InChI=1S/C48H26/c1-3-9-27(10-4-1)30-19-20-36-41-26-43-37-22-21-35-33-14-7-13-29-17-18-31(28-11-5-2-6-12-28)46(44(29)33)39-24-23-38(47(37)48(35)39)42(43)25-40(41)34-16-8-15-32(30)45(34)36/h1-26H. The Hall–Kier alpha value is -6.24. The SMILES string of the molecule is c1ccc(-c2ccc3c4cc5c(cc4c4cccc2c34)c2ccc3c4c(-c6ccccc6)ccc6cccc(c7ccc5c2c73)c64)cc1. The molecule has 0 bridgehead atoms. The van der Waals surface area contributed by atoms with Crippen LogP contribution in [0, 0.1) is 0 Å². The first-order valence-corrected chi connectivity index (χ1v) is 16.9. The van der Waals surface area contributed by atoms with Crippen LogP contribution >= 0.6 is 0 Å². The van der Waals surface area contributed by atoms with Crippen LogP contribution in [0.5, 0.6) is 0 Å². The van der Waals surface area contributed by atoms with E-state index < -0.39 is 0 Å². The van der Waals surface area contributed by atoms with E-state index in [9.17, 15) is 0 Å². The molecule has 218 valence electrons. The van der Waals surface area contributed by atoms with Gasteiger partial charge in [0, 0.05) is 0 Å². The summed E-state index contributed by atoms with van der Waals surface area (Å²) in [5.74, 6) is 0. The zero-order valence-electron chi connectivity index (χ0n) is 26.0. The minimum Gasteiger partial charge on any atom is -0.0622 e. The van der Waals surface area contributed by atoms with Crippen LogP contribution in [0.3, 0.4) is 0 Å². The Bertz CT molecular complexity index is 3190. The van der Waals surface area contributed by atoms with Crippen molar-refractivity contribution in [3.05, 3.63) is 158 Å². The largest absolute Gasteiger partial charge is 0.0622 e. The van der Waals surface area contributed by atoms with Gasteiger partial charge in [0.25, 0.3) is 0 Å². The monoisotopic (exact) mass is 602 g/mol. The maximum absolute atomic E-state index is 2.49. The lowest BCUT2D eigenvalue weighted by Gasteiger charge is -2.17. The first kappa shape index (κ1) is 24.9. The number of fused-ring (bicyclic) bond motifs is 8. The highest BCUT2D eigenvalue weighted by molar-refractivity contribution is 6.44. The van der Waals surface area contributed by atoms with E-state index in [0.29, 0.717) is 0 Å². The highest BCUT2D eigenvalue weighted by Gasteiger charge is 2.22. The van der Waals surface area contributed by atoms with Crippen molar-refractivity contribution in [2.75, 3.05) is 0 Å². The van der Waals surface area contributed by atoms with Gasteiger partial charge in [0.2, 0.25) is 0 Å². The number of hydrogen-bond donors (Lipinski definition) is 0. The summed E-state index contributed by atoms with van der Waals surface area (Å²) < 4.78 is 0. The van der Waals surface area contributed by atoms with E-state index in [1.165, 1.54) is 119 Å². The van der Waals surface area contributed by atoms with Gasteiger partial charge in [0.15, 0.2) is 0 Å². The number of rotatable bonds is 2. The second kappa shape index (κ2) is 8.76. The van der Waals surface area contributed by atoms with Crippen molar-refractivity contribution in [2.24, 2.45) is 0 Å². The van der Waals surface area contributed by atoms with Crippen molar-refractivity contribution in [1.29, 1.82) is 0 Å². The molecule has 0 aliphatic carbocycles. The van der Waals surface area contributed by atoms with Crippen molar-refractivity contribution in [3.63, 3.8) is 0 Å². The first-order chi connectivity index (χ1) is 23.8. The lowest BCUT2D eigenvalue weighted by atomic mass is 9.85. The fraction of sp³-hybridized carbons (Fsp3) is 0. The lowest BCUT2D eigenvalue weighted by molar-refractivity contribution is 1.67. The summed E-state index contributed by atoms with van der Waals surface area (Å²) >= 11 is 0. The molecule has 0 aliphatic heterocycles. The third-order valence-corrected chi connectivity index (χ3v) is 11.3. The molecule has 0 aromatic heterocycles. The quantitative estimate of drug-likeness (QED) is 0.136. The maximum Gasteiger partial charge on any atom is -0.00137 e. The van der Waals surface area contributed by atoms with Gasteiger partial charge in [0.05, 0.1) is 0 Å². The van der Waals surface area contributed by atoms with Gasteiger partial charge in [-0.15, -0.1) is 0 Å². The summed E-state index contributed by atoms with van der Waals surface area (Å²) in [6, 6.07) is 59.2. The minimum absolute atomic E-state index is 1.26. The van der Waals surface area contributed by atoms with Gasteiger partial charge < -0.3 is 0 Å². The van der Waals surface area contributed by atoms with E-state index in [1.54, 1.807) is 0 Å². The molecule has 0 saturated heterocycles. The summed E-state index contributed by atoms with van der Waals surface area (Å²) in [7, 11) is 0. The Balaban J connectivity index is 1.24. The van der Waals surface area contributed by atoms with Gasteiger partial charge >= 0.3 is 0 Å². The van der Waals surface area contributed by atoms with E-state index in [1.807, 2.05) is 0 Å². The molecule has 12 rings (SSSR count). The smallest absolute Gasteiger partial charge is 0.00137 e. The molecule has 0 aliphatic rings. The zero-order valence-corrected chi connectivity index (χ0v) is 26.0. The fourth-order valence-electron chi connectivity index (χ4n) is 9.33. The molecule has 0 unspecified atom stereocenters. The molecule has 0 nitrogen and oxygen atoms in total. The molecule has 0 amide bonds. The minimum atomic E-state index is 1.26. The molecule has 0 heteroatoms. The molecule has 0 saturated carbocycles. The predicted molar refractivity (Wildman–Crippen MR) is 208 cm³/mol. The average Bonchev–Trinajstić information content (AvgIpc) is 3.65. The van der Waals surface area contributed by atoms with E-state index in [2.05, 4.69) is 158 Å². The van der Waals surface area contributed by atoms with Crippen molar-refractivity contribution in [1.82, 2.24) is 0 Å². The maximum atomic E-state index is 2.49. The molecule has 0 N–H and O–H groups in total. The third kappa shape index (κ3) is 2.97. The molecule has 48 heavy (non-hydrogen) atoms. The summed E-state index contributed by atoms with van der Waals surface area (Å²) in [5.41, 5.74) is 5.13. The molecule has 0 atom stereocenters. The molecule has 12 aromatic rings. The van der Waals surface area contributed by atoms with E-state index in [-0.39, 0.29) is 0 Å². The van der Waals surface area contributed by atoms with Gasteiger partial charge in [-0.05, 0) is 131 Å². The van der Waals surface area contributed by atoms with Gasteiger partial charge in [-0.2, -0.15) is 0 Å². The van der Waals surface area contributed by atoms with Crippen molar-refractivity contribution in [2.45, 2.75) is 0 Å². The first-order valence-electron chi connectivity index (χ1n) is 16.9. The van der Waals surface area contributed by atoms with E-state index in [4.69, 9.17) is 0 Å². The second-order valence-electron chi connectivity index (χ2n) is 13.5. The molecule has 0 fully saturated rings. The van der Waals surface area contributed by atoms with Crippen LogP contribution in [0.25, 0.3) is 119 Å². The van der Waals surface area contributed by atoms with Crippen LogP contribution in [0.15, 0.2) is 158 Å². The van der Waals surface area contributed by atoms with Crippen LogP contribution in [0.2, 0.25) is 0 Å². The van der Waals surface area contributed by atoms with Crippen molar-refractivity contribution >= 4 is 97.0 Å². The third-order valence-electron chi connectivity index (χ3n) is 11.3. The van der Waals surface area contributed by atoms with Gasteiger partial charge in [-0.25, -0.2) is 0 Å². The highest BCUT2D eigenvalue weighted by atomic mass is 14.2. The topological polar surface area (TPSA) is 0 Å². The van der Waals surface area contributed by atoms with Crippen LogP contribution < -0.4 is 0 Å². The molecular weight excluding hydrogens is 577 g/mol. The van der Waals surface area contributed by atoms with Crippen LogP contribution in [-0.2, 0) is 0 Å². The Kier molecular flexibility index (Phi) is 4.55. The summed E-state index contributed by atoms with van der Waals surface area (Å²) in [6.07, 6.45) is 0. The number of hydrogen-bond acceptors (Lipinski definition) is 0. The van der Waals surface area contributed by atoms with Gasteiger partial charge in [-0.3, -0.25) is 0 Å². The summed E-state index contributed by atoms with van der Waals surface area (Å²) in [4.78, 5) is 0. The number of benzene rings is 10. The van der Waals surface area contributed by atoms with Crippen molar-refractivity contribution < 1.29 is 0 Å². The predicted octanol–water partition coefficient (Wildman–Crippen LogP) is 13.7. The lowest BCUT2D eigenvalue weighted by Crippen LogP contribution is -1.89. The molecule has 12 aromatic carbocycles. The van der Waals surface area contributed by atoms with Crippen LogP contribution in [0.4, 0.5) is 0 Å². The molecule has 0 heterocycles. The van der Waals surface area contributed by atoms with Crippen LogP contribution in [-0.4, -0.2) is 0 Å². The normalized spacial score (nSPS) is 12.6. The molecular formula is C48H26. The highest BCUT2D eigenvalue weighted by Crippen LogP contribution is 2.51. The Labute approximate surface area is 276 Å². The van der Waals surface area contributed by atoms with Gasteiger partial charge in [0.1, 0.15) is 0 Å². The van der Waals surface area contributed by atoms with Gasteiger partial charge in [-0.1, -0.05) is 146 Å².